The van der Waals surface area contributed by atoms with Gasteiger partial charge in [0.05, 0.1) is 11.4 Å². The lowest BCUT2D eigenvalue weighted by molar-refractivity contribution is 0.404. The van der Waals surface area contributed by atoms with E-state index in [4.69, 9.17) is 4.52 Å². The van der Waals surface area contributed by atoms with Crippen LogP contribution in [0.1, 0.15) is 25.6 Å². The van der Waals surface area contributed by atoms with Crippen LogP contribution in [0.4, 0.5) is 0 Å². The summed E-state index contributed by atoms with van der Waals surface area (Å²) in [5.41, 5.74) is 1.79. The van der Waals surface area contributed by atoms with Crippen LogP contribution in [0.2, 0.25) is 0 Å². The molecule has 102 valence electrons. The molecule has 0 atom stereocenters. The summed E-state index contributed by atoms with van der Waals surface area (Å²) in [6.45, 7) is 5.63. The van der Waals surface area contributed by atoms with Gasteiger partial charge in [-0.15, -0.1) is 0 Å². The number of hydrogen-bond donors (Lipinski definition) is 0. The van der Waals surface area contributed by atoms with Crippen molar-refractivity contribution in [1.82, 2.24) is 14.9 Å². The third-order valence-electron chi connectivity index (χ3n) is 3.25. The highest BCUT2D eigenvalue weighted by Crippen LogP contribution is 2.27. The summed E-state index contributed by atoms with van der Waals surface area (Å²) in [5, 5.41) is 9.10. The van der Waals surface area contributed by atoms with Crippen LogP contribution >= 0.6 is 0 Å². The van der Waals surface area contributed by atoms with Crippen LogP contribution in [0, 0.1) is 6.92 Å². The molecule has 5 heteroatoms. The second kappa shape index (κ2) is 4.59. The molecule has 0 aliphatic carbocycles. The summed E-state index contributed by atoms with van der Waals surface area (Å²) in [4.78, 5) is 12.3. The average molecular weight is 269 g/mol. The van der Waals surface area contributed by atoms with E-state index in [1.54, 1.807) is 6.92 Å². The van der Waals surface area contributed by atoms with Gasteiger partial charge < -0.3 is 4.52 Å². The van der Waals surface area contributed by atoms with E-state index in [2.05, 4.69) is 10.3 Å². The SMILES string of the molecule is Cc1onc2c(=O)n(C(C)C)nc(-c3ccccc3)c12. The fourth-order valence-electron chi connectivity index (χ4n) is 2.26. The molecular weight excluding hydrogens is 254 g/mol. The van der Waals surface area contributed by atoms with Crippen molar-refractivity contribution in [2.24, 2.45) is 0 Å². The first kappa shape index (κ1) is 12.6. The Balaban J connectivity index is 2.44. The largest absolute Gasteiger partial charge is 0.360 e. The van der Waals surface area contributed by atoms with E-state index in [1.807, 2.05) is 44.2 Å². The fourth-order valence-corrected chi connectivity index (χ4v) is 2.26. The minimum Gasteiger partial charge on any atom is -0.360 e. The van der Waals surface area contributed by atoms with E-state index in [9.17, 15) is 4.79 Å². The van der Waals surface area contributed by atoms with Crippen molar-refractivity contribution in [2.45, 2.75) is 26.8 Å². The fraction of sp³-hybridized carbons (Fsp3) is 0.267. The molecule has 0 saturated carbocycles. The summed E-state index contributed by atoms with van der Waals surface area (Å²) < 4.78 is 6.64. The van der Waals surface area contributed by atoms with Crippen molar-refractivity contribution in [3.63, 3.8) is 0 Å². The van der Waals surface area contributed by atoms with Crippen molar-refractivity contribution < 1.29 is 4.52 Å². The second-order valence-corrected chi connectivity index (χ2v) is 5.02. The zero-order chi connectivity index (χ0) is 14.3. The Labute approximate surface area is 115 Å². The van der Waals surface area contributed by atoms with Crippen LogP contribution in [-0.4, -0.2) is 14.9 Å². The maximum Gasteiger partial charge on any atom is 0.297 e. The maximum absolute atomic E-state index is 12.3. The molecule has 0 N–H and O–H groups in total. The minimum atomic E-state index is -0.216. The Morgan fingerprint density at radius 3 is 2.55 bits per heavy atom. The normalized spacial score (nSPS) is 11.4. The Morgan fingerprint density at radius 2 is 1.90 bits per heavy atom. The summed E-state index contributed by atoms with van der Waals surface area (Å²) in [6, 6.07) is 9.71. The molecule has 0 bridgehead atoms. The van der Waals surface area contributed by atoms with Gasteiger partial charge in [-0.25, -0.2) is 4.68 Å². The average Bonchev–Trinajstić information content (AvgIpc) is 2.83. The van der Waals surface area contributed by atoms with Gasteiger partial charge in [0.25, 0.3) is 5.56 Å². The zero-order valence-corrected chi connectivity index (χ0v) is 11.6. The predicted molar refractivity (Wildman–Crippen MR) is 76.6 cm³/mol. The molecule has 20 heavy (non-hydrogen) atoms. The summed E-state index contributed by atoms with van der Waals surface area (Å²) in [5.74, 6) is 0.611. The summed E-state index contributed by atoms with van der Waals surface area (Å²) >= 11 is 0. The lowest BCUT2D eigenvalue weighted by atomic mass is 10.1. The number of rotatable bonds is 2. The number of aromatic nitrogens is 3. The van der Waals surface area contributed by atoms with Crippen LogP contribution in [0.25, 0.3) is 22.2 Å². The van der Waals surface area contributed by atoms with Crippen LogP contribution < -0.4 is 5.56 Å². The van der Waals surface area contributed by atoms with Gasteiger partial charge >= 0.3 is 0 Å². The molecule has 0 aliphatic heterocycles. The molecule has 1 aromatic carbocycles. The molecule has 3 rings (SSSR count). The quantitative estimate of drug-likeness (QED) is 0.717. The Kier molecular flexibility index (Phi) is 2.89. The van der Waals surface area contributed by atoms with Gasteiger partial charge in [0.2, 0.25) is 0 Å². The molecule has 5 nitrogen and oxygen atoms in total. The number of aryl methyl sites for hydroxylation is 1. The molecule has 2 heterocycles. The first-order valence-electron chi connectivity index (χ1n) is 6.54. The van der Waals surface area contributed by atoms with Gasteiger partial charge in [0.15, 0.2) is 5.52 Å². The van der Waals surface area contributed by atoms with Gasteiger partial charge in [-0.3, -0.25) is 4.79 Å². The summed E-state index contributed by atoms with van der Waals surface area (Å²) in [7, 11) is 0. The molecule has 0 spiro atoms. The maximum atomic E-state index is 12.3. The van der Waals surface area contributed by atoms with Crippen LogP contribution in [0.15, 0.2) is 39.6 Å². The van der Waals surface area contributed by atoms with Gasteiger partial charge in [0.1, 0.15) is 11.5 Å². The Bertz CT molecular complexity index is 816. The topological polar surface area (TPSA) is 60.9 Å². The van der Waals surface area contributed by atoms with Gasteiger partial charge in [0, 0.05) is 5.56 Å². The van der Waals surface area contributed by atoms with Crippen molar-refractivity contribution in [2.75, 3.05) is 0 Å². The lowest BCUT2D eigenvalue weighted by Gasteiger charge is -2.11. The van der Waals surface area contributed by atoms with E-state index in [-0.39, 0.29) is 11.6 Å². The van der Waals surface area contributed by atoms with E-state index in [1.165, 1.54) is 4.68 Å². The smallest absolute Gasteiger partial charge is 0.297 e. The highest BCUT2D eigenvalue weighted by atomic mass is 16.5. The van der Waals surface area contributed by atoms with Crippen LogP contribution in [-0.2, 0) is 0 Å². The molecule has 0 amide bonds. The van der Waals surface area contributed by atoms with E-state index >= 15 is 0 Å². The predicted octanol–water partition coefficient (Wildman–Crippen LogP) is 2.94. The van der Waals surface area contributed by atoms with Crippen molar-refractivity contribution in [1.29, 1.82) is 0 Å². The number of hydrogen-bond acceptors (Lipinski definition) is 4. The number of benzene rings is 1. The molecule has 0 fully saturated rings. The monoisotopic (exact) mass is 269 g/mol. The standard InChI is InChI=1S/C15H15N3O2/c1-9(2)18-15(19)14-12(10(3)20-17-14)13(16-18)11-7-5-4-6-8-11/h4-9H,1-3H3. The molecule has 3 aromatic rings. The first-order chi connectivity index (χ1) is 9.59. The highest BCUT2D eigenvalue weighted by molar-refractivity contribution is 5.92. The zero-order valence-electron chi connectivity index (χ0n) is 11.6. The van der Waals surface area contributed by atoms with Gasteiger partial charge in [-0.2, -0.15) is 5.10 Å². The third kappa shape index (κ3) is 1.82. The molecule has 2 aromatic heterocycles. The molecule has 0 saturated heterocycles. The second-order valence-electron chi connectivity index (χ2n) is 5.02. The van der Waals surface area contributed by atoms with Crippen molar-refractivity contribution >= 4 is 10.9 Å². The molecule has 0 unspecified atom stereocenters. The van der Waals surface area contributed by atoms with E-state index in [0.717, 1.165) is 11.3 Å². The number of nitrogens with zero attached hydrogens (tertiary/aromatic N) is 3. The highest BCUT2D eigenvalue weighted by Gasteiger charge is 2.19. The Hall–Kier alpha value is -2.43. The van der Waals surface area contributed by atoms with Crippen molar-refractivity contribution in [3.05, 3.63) is 46.4 Å². The lowest BCUT2D eigenvalue weighted by Crippen LogP contribution is -2.25. The van der Waals surface area contributed by atoms with Gasteiger partial charge in [-0.1, -0.05) is 35.5 Å². The summed E-state index contributed by atoms with van der Waals surface area (Å²) in [6.07, 6.45) is 0. The van der Waals surface area contributed by atoms with Gasteiger partial charge in [-0.05, 0) is 20.8 Å². The van der Waals surface area contributed by atoms with Crippen molar-refractivity contribution in [3.8, 4) is 11.3 Å². The number of fused-ring (bicyclic) bond motifs is 1. The van der Waals surface area contributed by atoms with E-state index in [0.29, 0.717) is 16.7 Å². The minimum absolute atomic E-state index is 0.0358. The van der Waals surface area contributed by atoms with Crippen LogP contribution in [0.5, 0.6) is 0 Å². The first-order valence-corrected chi connectivity index (χ1v) is 6.54. The third-order valence-corrected chi connectivity index (χ3v) is 3.25. The Morgan fingerprint density at radius 1 is 1.20 bits per heavy atom. The molecular formula is C15H15N3O2. The van der Waals surface area contributed by atoms with Crippen LogP contribution in [0.3, 0.4) is 0 Å². The molecule has 0 aliphatic rings. The van der Waals surface area contributed by atoms with E-state index < -0.39 is 0 Å². The molecule has 0 radical (unpaired) electrons.